The van der Waals surface area contributed by atoms with E-state index in [9.17, 15) is 9.59 Å². The van der Waals surface area contributed by atoms with Crippen LogP contribution in [0.4, 0.5) is 0 Å². The zero-order chi connectivity index (χ0) is 17.5. The number of pyridine rings is 1. The van der Waals surface area contributed by atoms with Crippen LogP contribution in [0, 0.1) is 11.3 Å². The Hall–Kier alpha value is -1.34. The number of aromatic nitrogens is 1. The normalized spacial score (nSPS) is 32.9. The summed E-state index contributed by atoms with van der Waals surface area (Å²) in [5, 5.41) is 0. The van der Waals surface area contributed by atoms with Crippen molar-refractivity contribution in [1.29, 1.82) is 0 Å². The molecule has 3 rings (SSSR count). The first-order valence-corrected chi connectivity index (χ1v) is 9.05. The topological polar surface area (TPSA) is 83.5 Å². The van der Waals surface area contributed by atoms with Crippen molar-refractivity contribution in [3.05, 3.63) is 27.1 Å². The van der Waals surface area contributed by atoms with Gasteiger partial charge in [0.15, 0.2) is 0 Å². The van der Waals surface area contributed by atoms with Gasteiger partial charge in [-0.1, -0.05) is 0 Å². The minimum Gasteiger partial charge on any atom is -0.489 e. The van der Waals surface area contributed by atoms with Gasteiger partial charge in [0.25, 0.3) is 5.56 Å². The van der Waals surface area contributed by atoms with Gasteiger partial charge in [-0.25, -0.2) is 0 Å². The second kappa shape index (κ2) is 6.52. The lowest BCUT2D eigenvalue weighted by Gasteiger charge is -2.49. The molecule has 2 N–H and O–H groups in total. The van der Waals surface area contributed by atoms with E-state index in [0.29, 0.717) is 18.3 Å². The van der Waals surface area contributed by atoms with Crippen LogP contribution in [0.2, 0.25) is 0 Å². The Balaban J connectivity index is 1.59. The van der Waals surface area contributed by atoms with E-state index in [0.717, 1.165) is 30.2 Å². The summed E-state index contributed by atoms with van der Waals surface area (Å²) in [5.74, 6) is 0.646. The van der Waals surface area contributed by atoms with Crippen LogP contribution >= 0.6 is 15.9 Å². The van der Waals surface area contributed by atoms with Crippen LogP contribution < -0.4 is 16.0 Å². The van der Waals surface area contributed by atoms with E-state index in [1.54, 1.807) is 13.2 Å². The summed E-state index contributed by atoms with van der Waals surface area (Å²) in [5.41, 5.74) is 4.89. The smallest absolute Gasteiger partial charge is 0.254 e. The van der Waals surface area contributed by atoms with Crippen molar-refractivity contribution in [3.8, 4) is 5.75 Å². The van der Waals surface area contributed by atoms with Crippen LogP contribution in [0.3, 0.4) is 0 Å². The number of carbonyl (C=O) groups is 1. The molecule has 0 spiro atoms. The highest BCUT2D eigenvalue weighted by Crippen LogP contribution is 2.44. The minimum atomic E-state index is -0.535. The van der Waals surface area contributed by atoms with Crippen molar-refractivity contribution >= 4 is 21.8 Å². The highest BCUT2D eigenvalue weighted by Gasteiger charge is 2.53. The number of halogens is 1. The van der Waals surface area contributed by atoms with Gasteiger partial charge in [0.05, 0.1) is 28.7 Å². The summed E-state index contributed by atoms with van der Waals surface area (Å²) < 4.78 is 13.9. The van der Waals surface area contributed by atoms with Crippen molar-refractivity contribution in [2.24, 2.45) is 24.1 Å². The van der Waals surface area contributed by atoms with Gasteiger partial charge < -0.3 is 19.8 Å². The largest absolute Gasteiger partial charge is 0.489 e. The fourth-order valence-electron chi connectivity index (χ4n) is 3.66. The molecule has 1 saturated heterocycles. The lowest BCUT2D eigenvalue weighted by atomic mass is 9.69. The molecule has 1 amide bonds. The molecule has 1 aliphatic heterocycles. The molecule has 2 fully saturated rings. The second-order valence-electron chi connectivity index (χ2n) is 7.10. The Bertz CT molecular complexity index is 696. The summed E-state index contributed by atoms with van der Waals surface area (Å²) in [4.78, 5) is 23.4. The first-order valence-electron chi connectivity index (χ1n) is 8.25. The average Bonchev–Trinajstić information content (AvgIpc) is 2.52. The molecule has 1 aromatic heterocycles. The number of hydrogen-bond acceptors (Lipinski definition) is 4. The molecule has 7 heteroatoms. The van der Waals surface area contributed by atoms with Gasteiger partial charge in [-0.2, -0.15) is 0 Å². The van der Waals surface area contributed by atoms with Crippen LogP contribution in [0.25, 0.3) is 0 Å². The number of nitrogens with two attached hydrogens (primary N) is 1. The first kappa shape index (κ1) is 17.5. The zero-order valence-corrected chi connectivity index (χ0v) is 15.5. The van der Waals surface area contributed by atoms with Crippen molar-refractivity contribution < 1.29 is 14.3 Å². The van der Waals surface area contributed by atoms with Crippen LogP contribution in [-0.2, 0) is 16.6 Å². The highest BCUT2D eigenvalue weighted by molar-refractivity contribution is 9.10. The van der Waals surface area contributed by atoms with Gasteiger partial charge in [0.1, 0.15) is 5.75 Å². The monoisotopic (exact) mass is 398 g/mol. The number of primary amides is 1. The highest BCUT2D eigenvalue weighted by atomic mass is 79.9. The maximum absolute atomic E-state index is 11.8. The summed E-state index contributed by atoms with van der Waals surface area (Å²) in [6, 6.07) is 1.51. The van der Waals surface area contributed by atoms with E-state index in [4.69, 9.17) is 15.2 Å². The second-order valence-corrected chi connectivity index (χ2v) is 7.96. The zero-order valence-electron chi connectivity index (χ0n) is 14.0. The first-order chi connectivity index (χ1) is 11.3. The molecule has 2 atom stereocenters. The predicted octanol–water partition coefficient (Wildman–Crippen LogP) is 1.98. The number of rotatable bonds is 4. The van der Waals surface area contributed by atoms with E-state index < -0.39 is 5.41 Å². The summed E-state index contributed by atoms with van der Waals surface area (Å²) in [7, 11) is 1.70. The molecule has 1 saturated carbocycles. The maximum Gasteiger partial charge on any atom is 0.254 e. The van der Waals surface area contributed by atoms with Gasteiger partial charge in [0.2, 0.25) is 5.91 Å². The summed E-state index contributed by atoms with van der Waals surface area (Å²) >= 11 is 3.44. The van der Waals surface area contributed by atoms with E-state index >= 15 is 0 Å². The Morgan fingerprint density at radius 2 is 2.08 bits per heavy atom. The predicted molar refractivity (Wildman–Crippen MR) is 92.8 cm³/mol. The number of amides is 1. The van der Waals surface area contributed by atoms with Gasteiger partial charge in [-0.3, -0.25) is 9.59 Å². The SMILES string of the molecule is Cn1cc(Br)c(OC2CCC(C3OCC3(C)C(N)=O)CC2)cc1=O. The molecule has 0 aromatic carbocycles. The average molecular weight is 399 g/mol. The third kappa shape index (κ3) is 3.11. The van der Waals surface area contributed by atoms with Gasteiger partial charge in [0, 0.05) is 19.3 Å². The molecule has 24 heavy (non-hydrogen) atoms. The summed E-state index contributed by atoms with van der Waals surface area (Å²) in [6.45, 7) is 2.31. The lowest BCUT2D eigenvalue weighted by molar-refractivity contribution is -0.207. The molecule has 2 heterocycles. The van der Waals surface area contributed by atoms with Crippen LogP contribution in [0.1, 0.15) is 32.6 Å². The molecule has 1 aliphatic carbocycles. The van der Waals surface area contributed by atoms with Crippen molar-refractivity contribution in [2.45, 2.75) is 44.8 Å². The number of hydrogen-bond donors (Lipinski definition) is 1. The molecule has 132 valence electrons. The Kier molecular flexibility index (Phi) is 4.75. The van der Waals surface area contributed by atoms with Crippen LogP contribution in [-0.4, -0.2) is 29.3 Å². The molecule has 0 bridgehead atoms. The number of nitrogens with zero attached hydrogens (tertiary/aromatic N) is 1. The Morgan fingerprint density at radius 3 is 2.62 bits per heavy atom. The Labute approximate surface area is 149 Å². The molecular weight excluding hydrogens is 376 g/mol. The van der Waals surface area contributed by atoms with E-state index in [-0.39, 0.29) is 23.7 Å². The number of aryl methyl sites for hydroxylation is 1. The molecule has 2 unspecified atom stereocenters. The standard InChI is InChI=1S/C17H23BrN2O4/c1-17(16(19)22)9-23-15(17)10-3-5-11(6-4-10)24-13-7-14(21)20(2)8-12(13)18/h7-8,10-11,15H,3-6,9H2,1-2H3,(H2,19,22). The molecular formula is C17H23BrN2O4. The van der Waals surface area contributed by atoms with E-state index in [1.165, 1.54) is 10.6 Å². The van der Waals surface area contributed by atoms with Gasteiger partial charge in [-0.15, -0.1) is 0 Å². The fourth-order valence-corrected chi connectivity index (χ4v) is 4.17. The number of ether oxygens (including phenoxy) is 2. The Morgan fingerprint density at radius 1 is 1.42 bits per heavy atom. The van der Waals surface area contributed by atoms with Gasteiger partial charge >= 0.3 is 0 Å². The van der Waals surface area contributed by atoms with Crippen LogP contribution in [0.5, 0.6) is 5.75 Å². The molecule has 0 radical (unpaired) electrons. The lowest BCUT2D eigenvalue weighted by Crippen LogP contribution is -2.60. The van der Waals surface area contributed by atoms with E-state index in [1.807, 2.05) is 6.92 Å². The third-order valence-electron chi connectivity index (χ3n) is 5.34. The number of carbonyl (C=O) groups excluding carboxylic acids is 1. The maximum atomic E-state index is 11.8. The van der Waals surface area contributed by atoms with Crippen molar-refractivity contribution in [1.82, 2.24) is 4.57 Å². The van der Waals surface area contributed by atoms with E-state index in [2.05, 4.69) is 15.9 Å². The quantitative estimate of drug-likeness (QED) is 0.839. The van der Waals surface area contributed by atoms with Crippen molar-refractivity contribution in [3.63, 3.8) is 0 Å². The molecule has 1 aromatic rings. The third-order valence-corrected chi connectivity index (χ3v) is 5.93. The van der Waals surface area contributed by atoms with Gasteiger partial charge in [-0.05, 0) is 54.5 Å². The molecule has 6 nitrogen and oxygen atoms in total. The fraction of sp³-hybridized carbons (Fsp3) is 0.647. The molecule has 2 aliphatic rings. The summed E-state index contributed by atoms with van der Waals surface area (Å²) in [6.07, 6.45) is 5.32. The van der Waals surface area contributed by atoms with Crippen LogP contribution in [0.15, 0.2) is 21.5 Å². The van der Waals surface area contributed by atoms with Crippen molar-refractivity contribution in [2.75, 3.05) is 6.61 Å². The minimum absolute atomic E-state index is 0.0737.